The second kappa shape index (κ2) is 10.8. The molecule has 0 amide bonds. The van der Waals surface area contributed by atoms with Crippen molar-refractivity contribution < 1.29 is 14.2 Å². The zero-order valence-electron chi connectivity index (χ0n) is 12.2. The third kappa shape index (κ3) is 8.62. The molecule has 0 saturated heterocycles. The molecule has 0 atom stereocenters. The molecule has 108 valence electrons. The summed E-state index contributed by atoms with van der Waals surface area (Å²) in [5.74, 6) is 0.953. The van der Waals surface area contributed by atoms with Crippen LogP contribution in [0.25, 0.3) is 0 Å². The number of hydrogen-bond acceptors (Lipinski definition) is 3. The van der Waals surface area contributed by atoms with Crippen LogP contribution in [0.4, 0.5) is 0 Å². The Labute approximate surface area is 116 Å². The van der Waals surface area contributed by atoms with Crippen LogP contribution in [0.15, 0.2) is 24.3 Å². The highest BCUT2D eigenvalue weighted by Gasteiger charge is 1.95. The van der Waals surface area contributed by atoms with E-state index < -0.39 is 0 Å². The normalized spacial score (nSPS) is 10.6. The Morgan fingerprint density at radius 3 is 2.37 bits per heavy atom. The molecule has 0 heterocycles. The van der Waals surface area contributed by atoms with E-state index in [-0.39, 0.29) is 0 Å². The maximum absolute atomic E-state index is 5.67. The average Bonchev–Trinajstić information content (AvgIpc) is 2.41. The van der Waals surface area contributed by atoms with Crippen molar-refractivity contribution in [1.29, 1.82) is 0 Å². The third-order valence-electron chi connectivity index (χ3n) is 2.66. The molecular formula is C16H26O3. The molecule has 0 spiro atoms. The number of ether oxygens (including phenoxy) is 3. The molecule has 1 aromatic rings. The van der Waals surface area contributed by atoms with Gasteiger partial charge in [-0.3, -0.25) is 0 Å². The van der Waals surface area contributed by atoms with Crippen LogP contribution in [0, 0.1) is 6.92 Å². The molecule has 0 saturated carbocycles. The van der Waals surface area contributed by atoms with E-state index in [1.54, 1.807) is 0 Å². The highest BCUT2D eigenvalue weighted by molar-refractivity contribution is 5.27. The van der Waals surface area contributed by atoms with E-state index in [4.69, 9.17) is 14.2 Å². The Morgan fingerprint density at radius 1 is 0.895 bits per heavy atom. The molecule has 3 nitrogen and oxygen atoms in total. The number of hydrogen-bond donors (Lipinski definition) is 0. The fourth-order valence-corrected chi connectivity index (χ4v) is 1.67. The Balaban J connectivity index is 1.89. The number of benzene rings is 1. The minimum Gasteiger partial charge on any atom is -0.494 e. The first-order valence-electron chi connectivity index (χ1n) is 7.18. The van der Waals surface area contributed by atoms with Crippen molar-refractivity contribution >= 4 is 0 Å². The summed E-state index contributed by atoms with van der Waals surface area (Å²) in [6, 6.07) is 8.14. The second-order valence-electron chi connectivity index (χ2n) is 4.60. The topological polar surface area (TPSA) is 27.7 Å². The van der Waals surface area contributed by atoms with Gasteiger partial charge in [-0.25, -0.2) is 0 Å². The van der Waals surface area contributed by atoms with Crippen LogP contribution >= 0.6 is 0 Å². The van der Waals surface area contributed by atoms with Gasteiger partial charge in [0.1, 0.15) is 5.75 Å². The van der Waals surface area contributed by atoms with Crippen molar-refractivity contribution in [3.05, 3.63) is 29.8 Å². The average molecular weight is 266 g/mol. The molecular weight excluding hydrogens is 240 g/mol. The smallest absolute Gasteiger partial charge is 0.119 e. The van der Waals surface area contributed by atoms with Crippen LogP contribution < -0.4 is 4.74 Å². The summed E-state index contributed by atoms with van der Waals surface area (Å²) >= 11 is 0. The van der Waals surface area contributed by atoms with Gasteiger partial charge < -0.3 is 14.2 Å². The number of unbranched alkanes of at least 4 members (excludes halogenated alkanes) is 1. The molecule has 0 N–H and O–H groups in total. The lowest BCUT2D eigenvalue weighted by Crippen LogP contribution is -2.06. The molecule has 0 radical (unpaired) electrons. The van der Waals surface area contributed by atoms with Crippen molar-refractivity contribution in [1.82, 2.24) is 0 Å². The van der Waals surface area contributed by atoms with Crippen molar-refractivity contribution in [2.75, 3.05) is 33.0 Å². The zero-order valence-corrected chi connectivity index (χ0v) is 12.2. The van der Waals surface area contributed by atoms with Crippen LogP contribution in [-0.2, 0) is 9.47 Å². The molecule has 19 heavy (non-hydrogen) atoms. The van der Waals surface area contributed by atoms with Gasteiger partial charge >= 0.3 is 0 Å². The molecule has 0 aromatic heterocycles. The first-order valence-corrected chi connectivity index (χ1v) is 7.18. The van der Waals surface area contributed by atoms with E-state index in [0.29, 0.717) is 13.2 Å². The Kier molecular flexibility index (Phi) is 9.11. The van der Waals surface area contributed by atoms with E-state index in [0.717, 1.165) is 44.8 Å². The summed E-state index contributed by atoms with van der Waals surface area (Å²) in [5.41, 5.74) is 1.23. The molecule has 0 aliphatic carbocycles. The fraction of sp³-hybridized carbons (Fsp3) is 0.625. The van der Waals surface area contributed by atoms with E-state index in [9.17, 15) is 0 Å². The first kappa shape index (κ1) is 16.0. The second-order valence-corrected chi connectivity index (χ2v) is 4.60. The van der Waals surface area contributed by atoms with Crippen molar-refractivity contribution in [2.45, 2.75) is 33.1 Å². The van der Waals surface area contributed by atoms with Crippen LogP contribution in [0.3, 0.4) is 0 Å². The maximum atomic E-state index is 5.67. The molecule has 0 bridgehead atoms. The van der Waals surface area contributed by atoms with Gasteiger partial charge in [0.25, 0.3) is 0 Å². The summed E-state index contributed by atoms with van der Waals surface area (Å²) in [4.78, 5) is 0. The van der Waals surface area contributed by atoms with Crippen molar-refractivity contribution in [3.8, 4) is 5.75 Å². The van der Waals surface area contributed by atoms with Crippen molar-refractivity contribution in [2.24, 2.45) is 0 Å². The van der Waals surface area contributed by atoms with Gasteiger partial charge in [0.05, 0.1) is 19.8 Å². The number of aryl methyl sites for hydroxylation is 1. The van der Waals surface area contributed by atoms with Crippen LogP contribution in [0.1, 0.15) is 31.7 Å². The van der Waals surface area contributed by atoms with E-state index in [1.807, 2.05) is 12.1 Å². The quantitative estimate of drug-likeness (QED) is 0.573. The highest BCUT2D eigenvalue weighted by Crippen LogP contribution is 2.12. The van der Waals surface area contributed by atoms with Gasteiger partial charge in [-0.2, -0.15) is 0 Å². The minimum atomic E-state index is 0.693. The lowest BCUT2D eigenvalue weighted by molar-refractivity contribution is 0.0458. The van der Waals surface area contributed by atoms with Gasteiger partial charge in [-0.05, 0) is 43.9 Å². The van der Waals surface area contributed by atoms with E-state index in [2.05, 4.69) is 26.0 Å². The Morgan fingerprint density at radius 2 is 1.63 bits per heavy atom. The summed E-state index contributed by atoms with van der Waals surface area (Å²) in [6.45, 7) is 7.93. The standard InChI is InChI=1S/C16H26O3/c1-3-9-17-12-13-18-10-4-5-11-19-16-8-6-7-15(2)14-16/h6-8,14H,3-5,9-13H2,1-2H3. The van der Waals surface area contributed by atoms with Crippen LogP contribution in [0.2, 0.25) is 0 Å². The molecule has 1 aromatic carbocycles. The SMILES string of the molecule is CCCOCCOCCCCOc1cccc(C)c1. The van der Waals surface area contributed by atoms with Gasteiger partial charge in [-0.1, -0.05) is 19.1 Å². The summed E-state index contributed by atoms with van der Waals surface area (Å²) in [7, 11) is 0. The zero-order chi connectivity index (χ0) is 13.8. The predicted molar refractivity (Wildman–Crippen MR) is 77.8 cm³/mol. The largest absolute Gasteiger partial charge is 0.494 e. The highest BCUT2D eigenvalue weighted by atomic mass is 16.5. The van der Waals surface area contributed by atoms with Crippen molar-refractivity contribution in [3.63, 3.8) is 0 Å². The van der Waals surface area contributed by atoms with E-state index in [1.165, 1.54) is 5.56 Å². The fourth-order valence-electron chi connectivity index (χ4n) is 1.67. The third-order valence-corrected chi connectivity index (χ3v) is 2.66. The van der Waals surface area contributed by atoms with Gasteiger partial charge in [-0.15, -0.1) is 0 Å². The van der Waals surface area contributed by atoms with Gasteiger partial charge in [0.2, 0.25) is 0 Å². The van der Waals surface area contributed by atoms with E-state index >= 15 is 0 Å². The molecule has 0 unspecified atom stereocenters. The lowest BCUT2D eigenvalue weighted by Gasteiger charge is -2.07. The molecule has 1 rings (SSSR count). The maximum Gasteiger partial charge on any atom is 0.119 e. The van der Waals surface area contributed by atoms with Crippen LogP contribution in [0.5, 0.6) is 5.75 Å². The summed E-state index contributed by atoms with van der Waals surface area (Å²) in [5, 5.41) is 0. The monoisotopic (exact) mass is 266 g/mol. The molecule has 0 fully saturated rings. The summed E-state index contributed by atoms with van der Waals surface area (Å²) < 4.78 is 16.5. The minimum absolute atomic E-state index is 0.693. The van der Waals surface area contributed by atoms with Crippen LogP contribution in [-0.4, -0.2) is 33.0 Å². The molecule has 0 aliphatic rings. The molecule has 3 heteroatoms. The molecule has 0 aliphatic heterocycles. The predicted octanol–water partition coefficient (Wildman–Crippen LogP) is 3.60. The number of rotatable bonds is 11. The first-order chi connectivity index (χ1) is 9.33. The van der Waals surface area contributed by atoms with Gasteiger partial charge in [0, 0.05) is 13.2 Å². The lowest BCUT2D eigenvalue weighted by atomic mass is 10.2. The Hall–Kier alpha value is -1.06. The summed E-state index contributed by atoms with van der Waals surface area (Å²) in [6.07, 6.45) is 3.11. The Bertz CT molecular complexity index is 326. The van der Waals surface area contributed by atoms with Gasteiger partial charge in [0.15, 0.2) is 0 Å².